The summed E-state index contributed by atoms with van der Waals surface area (Å²) >= 11 is 8.83. The van der Waals surface area contributed by atoms with Crippen LogP contribution in [0, 0.1) is 6.92 Å². The molecule has 9 heavy (non-hydrogen) atoms. The first-order chi connectivity index (χ1) is 3.81. The lowest BCUT2D eigenvalue weighted by Gasteiger charge is -2.19. The van der Waals surface area contributed by atoms with Crippen LogP contribution in [0.25, 0.3) is 0 Å². The first kappa shape index (κ1) is 9.37. The lowest BCUT2D eigenvalue weighted by Crippen LogP contribution is -2.33. The van der Waals surface area contributed by atoms with Crippen LogP contribution in [0.4, 0.5) is 13.2 Å². The average molecular weight is 180 g/mol. The minimum Gasteiger partial charge on any atom is -0.218 e. The summed E-state index contributed by atoms with van der Waals surface area (Å²) in [6.45, 7) is 2.85. The maximum atomic E-state index is 12.1. The summed E-state index contributed by atoms with van der Waals surface area (Å²) in [6, 6.07) is 0. The van der Waals surface area contributed by atoms with Gasteiger partial charge in [-0.15, -0.1) is 0 Å². The fourth-order valence-electron chi connectivity index (χ4n) is 0.142. The highest BCUT2D eigenvalue weighted by Crippen LogP contribution is 2.41. The molecule has 55 valence electrons. The van der Waals surface area contributed by atoms with Gasteiger partial charge >= 0.3 is 5.38 Å². The van der Waals surface area contributed by atoms with Gasteiger partial charge in [0, 0.05) is 6.42 Å². The summed E-state index contributed by atoms with van der Waals surface area (Å²) in [5, 5.41) is -7.27. The van der Waals surface area contributed by atoms with Gasteiger partial charge < -0.3 is 0 Å². The van der Waals surface area contributed by atoms with Crippen molar-refractivity contribution in [2.24, 2.45) is 0 Å². The maximum absolute atomic E-state index is 12.1. The van der Waals surface area contributed by atoms with Gasteiger partial charge in [0.2, 0.25) is 0 Å². The molecule has 0 saturated heterocycles. The highest BCUT2D eigenvalue weighted by Gasteiger charge is 2.50. The van der Waals surface area contributed by atoms with Gasteiger partial charge in [-0.25, -0.2) is 4.39 Å². The summed E-state index contributed by atoms with van der Waals surface area (Å²) in [5.74, 6) is 0. The summed E-state index contributed by atoms with van der Waals surface area (Å²) < 4.78 is 35.6. The van der Waals surface area contributed by atoms with Gasteiger partial charge in [0.05, 0.1) is 0 Å². The Kier molecular flexibility index (Phi) is 2.65. The summed E-state index contributed by atoms with van der Waals surface area (Å²) in [6.07, 6.45) is -0.773. The molecule has 1 atom stereocenters. The van der Waals surface area contributed by atoms with Crippen LogP contribution >= 0.6 is 23.2 Å². The van der Waals surface area contributed by atoms with E-state index >= 15 is 0 Å². The zero-order valence-corrected chi connectivity index (χ0v) is 5.82. The fourth-order valence-corrected chi connectivity index (χ4v) is 0.236. The number of halogens is 5. The molecule has 0 bridgehead atoms. The molecular formula is C4H4Cl2F3. The van der Waals surface area contributed by atoms with Crippen LogP contribution in [-0.2, 0) is 0 Å². The second-order valence-corrected chi connectivity index (χ2v) is 2.53. The topological polar surface area (TPSA) is 0 Å². The smallest absolute Gasteiger partial charge is 0.218 e. The molecule has 0 aliphatic rings. The SMILES string of the molecule is [CH2]CC(F)(Cl)C(F)(F)Cl. The first-order valence-electron chi connectivity index (χ1n) is 2.05. The number of hydrogen-bond acceptors (Lipinski definition) is 0. The molecule has 0 aliphatic heterocycles. The monoisotopic (exact) mass is 179 g/mol. The minimum absolute atomic E-state index is 0.773. The van der Waals surface area contributed by atoms with Crippen LogP contribution in [0.15, 0.2) is 0 Å². The van der Waals surface area contributed by atoms with E-state index in [1.807, 2.05) is 0 Å². The molecule has 1 radical (unpaired) electrons. The number of rotatable bonds is 2. The maximum Gasteiger partial charge on any atom is 0.368 e. The molecular weight excluding hydrogens is 176 g/mol. The molecule has 0 aromatic heterocycles. The highest BCUT2D eigenvalue weighted by molar-refractivity contribution is 6.32. The standard InChI is InChI=1S/C4H4Cl2F3/c1-2-3(5,7)4(6,8)9/h1-2H2. The van der Waals surface area contributed by atoms with Crippen LogP contribution < -0.4 is 0 Å². The number of hydrogen-bond donors (Lipinski definition) is 0. The molecule has 0 saturated carbocycles. The third-order valence-corrected chi connectivity index (χ3v) is 1.55. The summed E-state index contributed by atoms with van der Waals surface area (Å²) in [5.41, 5.74) is 0. The lowest BCUT2D eigenvalue weighted by atomic mass is 10.3. The van der Waals surface area contributed by atoms with E-state index in [9.17, 15) is 13.2 Å². The molecule has 0 nitrogen and oxygen atoms in total. The van der Waals surface area contributed by atoms with Crippen molar-refractivity contribution >= 4 is 23.2 Å². The van der Waals surface area contributed by atoms with Crippen LogP contribution in [0.5, 0.6) is 0 Å². The van der Waals surface area contributed by atoms with Gasteiger partial charge in [-0.2, -0.15) is 8.78 Å². The molecule has 0 heterocycles. The van der Waals surface area contributed by atoms with Crippen molar-refractivity contribution in [2.75, 3.05) is 0 Å². The quantitative estimate of drug-likeness (QED) is 0.573. The molecule has 0 aromatic carbocycles. The molecule has 0 N–H and O–H groups in total. The molecule has 0 spiro atoms. The zero-order chi connectivity index (χ0) is 7.71. The Morgan fingerprint density at radius 1 is 1.22 bits per heavy atom. The summed E-state index contributed by atoms with van der Waals surface area (Å²) in [4.78, 5) is 0. The average Bonchev–Trinajstić information content (AvgIpc) is 1.64. The molecule has 0 aromatic rings. The van der Waals surface area contributed by atoms with Crippen molar-refractivity contribution in [1.29, 1.82) is 0 Å². The third kappa shape index (κ3) is 2.22. The van der Waals surface area contributed by atoms with E-state index in [1.54, 1.807) is 0 Å². The van der Waals surface area contributed by atoms with E-state index in [4.69, 9.17) is 0 Å². The van der Waals surface area contributed by atoms with E-state index in [0.29, 0.717) is 0 Å². The van der Waals surface area contributed by atoms with Gasteiger partial charge in [-0.3, -0.25) is 0 Å². The second kappa shape index (κ2) is 2.54. The van der Waals surface area contributed by atoms with E-state index in [0.717, 1.165) is 0 Å². The van der Waals surface area contributed by atoms with Crippen LogP contribution in [-0.4, -0.2) is 10.5 Å². The molecule has 1 unspecified atom stereocenters. The Hall–Kier alpha value is 0.370. The Morgan fingerprint density at radius 3 is 1.56 bits per heavy atom. The van der Waals surface area contributed by atoms with Crippen LogP contribution in [0.2, 0.25) is 0 Å². The minimum atomic E-state index is -4.05. The van der Waals surface area contributed by atoms with Gasteiger partial charge in [0.15, 0.2) is 0 Å². The van der Waals surface area contributed by atoms with E-state index in [-0.39, 0.29) is 0 Å². The number of alkyl halides is 5. The van der Waals surface area contributed by atoms with Gasteiger partial charge in [0.1, 0.15) is 0 Å². The molecule has 5 heteroatoms. The highest BCUT2D eigenvalue weighted by atomic mass is 35.5. The van der Waals surface area contributed by atoms with Gasteiger partial charge in [0.25, 0.3) is 5.13 Å². The zero-order valence-electron chi connectivity index (χ0n) is 4.30. The molecule has 0 fully saturated rings. The van der Waals surface area contributed by atoms with Crippen molar-refractivity contribution in [3.05, 3.63) is 6.92 Å². The fraction of sp³-hybridized carbons (Fsp3) is 0.750. The Balaban J connectivity index is 4.14. The van der Waals surface area contributed by atoms with Crippen molar-refractivity contribution in [3.8, 4) is 0 Å². The Labute approximate surface area is 60.9 Å². The van der Waals surface area contributed by atoms with Gasteiger partial charge in [-0.1, -0.05) is 11.6 Å². The van der Waals surface area contributed by atoms with Crippen LogP contribution in [0.3, 0.4) is 0 Å². The van der Waals surface area contributed by atoms with E-state index in [2.05, 4.69) is 30.1 Å². The molecule has 0 aliphatic carbocycles. The summed E-state index contributed by atoms with van der Waals surface area (Å²) in [7, 11) is 0. The predicted molar refractivity (Wildman–Crippen MR) is 30.5 cm³/mol. The molecule has 0 rings (SSSR count). The Morgan fingerprint density at radius 2 is 1.56 bits per heavy atom. The van der Waals surface area contributed by atoms with E-state index < -0.39 is 16.9 Å². The van der Waals surface area contributed by atoms with Crippen molar-refractivity contribution in [1.82, 2.24) is 0 Å². The van der Waals surface area contributed by atoms with Crippen molar-refractivity contribution in [2.45, 2.75) is 16.9 Å². The van der Waals surface area contributed by atoms with Crippen molar-refractivity contribution < 1.29 is 13.2 Å². The van der Waals surface area contributed by atoms with Crippen LogP contribution in [0.1, 0.15) is 6.42 Å². The van der Waals surface area contributed by atoms with E-state index in [1.165, 1.54) is 0 Å². The first-order valence-corrected chi connectivity index (χ1v) is 2.80. The third-order valence-electron chi connectivity index (χ3n) is 0.729. The Bertz CT molecular complexity index is 96.5. The molecule has 0 amide bonds. The second-order valence-electron chi connectivity index (χ2n) is 1.45. The largest absolute Gasteiger partial charge is 0.368 e. The normalized spacial score (nSPS) is 19.3. The lowest BCUT2D eigenvalue weighted by molar-refractivity contribution is -0.0182. The predicted octanol–water partition coefficient (Wildman–Crippen LogP) is 2.95. The van der Waals surface area contributed by atoms with Crippen molar-refractivity contribution in [3.63, 3.8) is 0 Å². The van der Waals surface area contributed by atoms with Gasteiger partial charge in [-0.05, 0) is 18.5 Å².